The number of methoxy groups -OCH3 is 3. The first-order chi connectivity index (χ1) is 14.5. The van der Waals surface area contributed by atoms with Gasteiger partial charge in [-0.15, -0.1) is 0 Å². The summed E-state index contributed by atoms with van der Waals surface area (Å²) in [6.07, 6.45) is -0.709. The number of para-hydroxylation sites is 2. The second-order valence-corrected chi connectivity index (χ2v) is 6.53. The Morgan fingerprint density at radius 1 is 1.10 bits per heavy atom. The molecule has 0 aromatic heterocycles. The Bertz CT molecular complexity index is 908. The number of likely N-dealkylation sites (N-methyl/N-ethyl adjacent to an activating group) is 1. The van der Waals surface area contributed by atoms with Crippen molar-refractivity contribution in [3.05, 3.63) is 36.4 Å². The number of nitrogens with zero attached hydrogens (tertiary/aromatic N) is 1. The lowest BCUT2D eigenvalue weighted by molar-refractivity contribution is -0.127. The Morgan fingerprint density at radius 2 is 1.77 bits per heavy atom. The van der Waals surface area contributed by atoms with Gasteiger partial charge in [0.25, 0.3) is 5.91 Å². The molecular weight excluding hydrogens is 390 g/mol. The van der Waals surface area contributed by atoms with E-state index in [1.165, 1.54) is 21.3 Å². The Kier molecular flexibility index (Phi) is 6.51. The molecule has 9 nitrogen and oxygen atoms in total. The van der Waals surface area contributed by atoms with Crippen LogP contribution >= 0.6 is 0 Å². The van der Waals surface area contributed by atoms with Crippen LogP contribution in [0.5, 0.6) is 23.0 Å². The molecule has 3 rings (SSSR count). The number of rotatable bonds is 7. The number of nitrogens with one attached hydrogen (secondary N) is 2. The van der Waals surface area contributed by atoms with Gasteiger partial charge in [0.15, 0.2) is 17.6 Å². The number of hydrogen-bond donors (Lipinski definition) is 2. The number of anilines is 2. The average Bonchev–Trinajstić information content (AvgIpc) is 2.77. The van der Waals surface area contributed by atoms with E-state index in [0.717, 1.165) is 5.69 Å². The van der Waals surface area contributed by atoms with Crippen molar-refractivity contribution in [2.75, 3.05) is 51.7 Å². The summed E-state index contributed by atoms with van der Waals surface area (Å²) < 4.78 is 21.7. The van der Waals surface area contributed by atoms with Crippen LogP contribution in [0.4, 0.5) is 11.4 Å². The van der Waals surface area contributed by atoms with E-state index in [1.807, 2.05) is 23.1 Å². The lowest BCUT2D eigenvalue weighted by Gasteiger charge is -2.35. The van der Waals surface area contributed by atoms with E-state index in [1.54, 1.807) is 25.2 Å². The van der Waals surface area contributed by atoms with Crippen molar-refractivity contribution < 1.29 is 28.5 Å². The molecule has 2 N–H and O–H groups in total. The third kappa shape index (κ3) is 4.35. The number of amides is 2. The molecule has 0 saturated heterocycles. The molecule has 160 valence electrons. The Labute approximate surface area is 174 Å². The van der Waals surface area contributed by atoms with Gasteiger partial charge in [0.2, 0.25) is 11.7 Å². The summed E-state index contributed by atoms with van der Waals surface area (Å²) in [4.78, 5) is 26.7. The van der Waals surface area contributed by atoms with Crippen LogP contribution in [0.15, 0.2) is 36.4 Å². The van der Waals surface area contributed by atoms with Gasteiger partial charge in [-0.25, -0.2) is 0 Å². The average molecular weight is 415 g/mol. The van der Waals surface area contributed by atoms with Crippen molar-refractivity contribution in [3.8, 4) is 23.0 Å². The first-order valence-electron chi connectivity index (χ1n) is 9.32. The summed E-state index contributed by atoms with van der Waals surface area (Å²) in [5.74, 6) is 1.34. The number of carbonyl (C=O) groups excluding carboxylic acids is 2. The number of carbonyl (C=O) groups is 2. The van der Waals surface area contributed by atoms with Gasteiger partial charge < -0.3 is 34.5 Å². The van der Waals surface area contributed by atoms with E-state index in [0.29, 0.717) is 28.7 Å². The molecule has 30 heavy (non-hydrogen) atoms. The maximum absolute atomic E-state index is 12.8. The van der Waals surface area contributed by atoms with E-state index >= 15 is 0 Å². The Balaban J connectivity index is 1.79. The molecule has 1 atom stereocenters. The second-order valence-electron chi connectivity index (χ2n) is 6.53. The highest BCUT2D eigenvalue weighted by atomic mass is 16.5. The van der Waals surface area contributed by atoms with Crippen molar-refractivity contribution in [2.45, 2.75) is 6.10 Å². The molecule has 2 aromatic rings. The fourth-order valence-corrected chi connectivity index (χ4v) is 3.28. The highest BCUT2D eigenvalue weighted by molar-refractivity contribution is 5.95. The minimum absolute atomic E-state index is 0.0323. The fraction of sp³-hybridized carbons (Fsp3) is 0.333. The number of hydrogen-bond acceptors (Lipinski definition) is 7. The number of benzene rings is 2. The van der Waals surface area contributed by atoms with Crippen molar-refractivity contribution in [2.24, 2.45) is 0 Å². The largest absolute Gasteiger partial charge is 0.493 e. The Morgan fingerprint density at radius 3 is 2.37 bits per heavy atom. The summed E-state index contributed by atoms with van der Waals surface area (Å²) in [7, 11) is 6.07. The van der Waals surface area contributed by atoms with Crippen LogP contribution < -0.4 is 34.5 Å². The van der Waals surface area contributed by atoms with Crippen LogP contribution in [0.1, 0.15) is 0 Å². The molecule has 0 bridgehead atoms. The minimum Gasteiger partial charge on any atom is -0.493 e. The highest BCUT2D eigenvalue weighted by Crippen LogP contribution is 2.40. The summed E-state index contributed by atoms with van der Waals surface area (Å²) in [6.45, 7) is 0.282. The molecule has 1 aliphatic rings. The van der Waals surface area contributed by atoms with Gasteiger partial charge in [-0.1, -0.05) is 12.1 Å². The lowest BCUT2D eigenvalue weighted by Crippen LogP contribution is -2.50. The van der Waals surface area contributed by atoms with E-state index < -0.39 is 6.10 Å². The maximum atomic E-state index is 12.8. The van der Waals surface area contributed by atoms with E-state index in [4.69, 9.17) is 18.9 Å². The SMILES string of the molecule is CNC(=O)[C@H]1CN(CC(=O)Nc2cc(OC)c(OC)c(OC)c2)c2ccccc2O1. The third-order valence-electron chi connectivity index (χ3n) is 4.68. The topological polar surface area (TPSA) is 98.4 Å². The van der Waals surface area contributed by atoms with Gasteiger partial charge in [-0.05, 0) is 12.1 Å². The van der Waals surface area contributed by atoms with E-state index in [-0.39, 0.29) is 24.9 Å². The van der Waals surface area contributed by atoms with Gasteiger partial charge in [-0.2, -0.15) is 0 Å². The second kappa shape index (κ2) is 9.25. The van der Waals surface area contributed by atoms with E-state index in [9.17, 15) is 9.59 Å². The molecule has 0 spiro atoms. The third-order valence-corrected chi connectivity index (χ3v) is 4.68. The van der Waals surface area contributed by atoms with Crippen LogP contribution in [-0.4, -0.2) is 59.4 Å². The van der Waals surface area contributed by atoms with Gasteiger partial charge in [0, 0.05) is 24.9 Å². The lowest BCUT2D eigenvalue weighted by atomic mass is 10.1. The fourth-order valence-electron chi connectivity index (χ4n) is 3.28. The van der Waals surface area contributed by atoms with Crippen molar-refractivity contribution >= 4 is 23.2 Å². The summed E-state index contributed by atoms with van der Waals surface area (Å²) >= 11 is 0. The first-order valence-corrected chi connectivity index (χ1v) is 9.32. The molecule has 1 aliphatic heterocycles. The van der Waals surface area contributed by atoms with Crippen molar-refractivity contribution in [1.29, 1.82) is 0 Å². The normalized spacial score (nSPS) is 14.8. The van der Waals surface area contributed by atoms with Crippen molar-refractivity contribution in [3.63, 3.8) is 0 Å². The molecule has 0 aliphatic carbocycles. The van der Waals surface area contributed by atoms with Crippen LogP contribution in [0.25, 0.3) is 0 Å². The number of fused-ring (bicyclic) bond motifs is 1. The molecule has 0 saturated carbocycles. The Hall–Kier alpha value is -3.62. The molecular formula is C21H25N3O6. The van der Waals surface area contributed by atoms with Crippen LogP contribution in [0.2, 0.25) is 0 Å². The first kappa shape index (κ1) is 21.1. The summed E-state index contributed by atoms with van der Waals surface area (Å²) in [6, 6.07) is 10.6. The standard InChI is InChI=1S/C21H25N3O6/c1-22-21(26)18-11-24(14-7-5-6-8-15(14)30-18)12-19(25)23-13-9-16(27-2)20(29-4)17(10-13)28-3/h5-10,18H,11-12H2,1-4H3,(H,22,26)(H,23,25)/t18-/m1/s1. The van der Waals surface area contributed by atoms with Crippen molar-refractivity contribution in [1.82, 2.24) is 5.32 Å². The van der Waals surface area contributed by atoms with E-state index in [2.05, 4.69) is 10.6 Å². The van der Waals surface area contributed by atoms with Crippen LogP contribution in [0, 0.1) is 0 Å². The monoisotopic (exact) mass is 415 g/mol. The zero-order valence-electron chi connectivity index (χ0n) is 17.4. The molecule has 0 unspecified atom stereocenters. The minimum atomic E-state index is -0.709. The summed E-state index contributed by atoms with van der Waals surface area (Å²) in [5, 5.41) is 5.43. The zero-order chi connectivity index (χ0) is 21.7. The predicted molar refractivity (Wildman–Crippen MR) is 112 cm³/mol. The van der Waals surface area contributed by atoms with Gasteiger partial charge in [0.1, 0.15) is 5.75 Å². The maximum Gasteiger partial charge on any atom is 0.262 e. The zero-order valence-corrected chi connectivity index (χ0v) is 17.4. The summed E-state index contributed by atoms with van der Waals surface area (Å²) in [5.41, 5.74) is 1.25. The van der Waals surface area contributed by atoms with Gasteiger partial charge in [0.05, 0.1) is 40.1 Å². The quantitative estimate of drug-likeness (QED) is 0.710. The molecule has 0 radical (unpaired) electrons. The van der Waals surface area contributed by atoms with Gasteiger partial charge >= 0.3 is 0 Å². The number of ether oxygens (including phenoxy) is 4. The molecule has 2 aromatic carbocycles. The molecule has 9 heteroatoms. The molecule has 2 amide bonds. The highest BCUT2D eigenvalue weighted by Gasteiger charge is 2.31. The van der Waals surface area contributed by atoms with Gasteiger partial charge in [-0.3, -0.25) is 9.59 Å². The molecule has 1 heterocycles. The smallest absolute Gasteiger partial charge is 0.262 e. The van der Waals surface area contributed by atoms with Crippen LogP contribution in [0.3, 0.4) is 0 Å². The van der Waals surface area contributed by atoms with Crippen LogP contribution in [-0.2, 0) is 9.59 Å². The predicted octanol–water partition coefficient (Wildman–Crippen LogP) is 1.66. The molecule has 0 fully saturated rings.